The molecule has 0 atom stereocenters. The lowest BCUT2D eigenvalue weighted by Crippen LogP contribution is -2.23. The van der Waals surface area contributed by atoms with Crippen molar-refractivity contribution in [1.82, 2.24) is 9.88 Å². The first kappa shape index (κ1) is 15.0. The van der Waals surface area contributed by atoms with Crippen LogP contribution in [0.15, 0.2) is 53.8 Å². The van der Waals surface area contributed by atoms with Gasteiger partial charge in [-0.15, -0.1) is 0 Å². The molecule has 0 bridgehead atoms. The van der Waals surface area contributed by atoms with Crippen LogP contribution in [-0.4, -0.2) is 27.5 Å². The van der Waals surface area contributed by atoms with E-state index < -0.39 is 0 Å². The zero-order chi connectivity index (χ0) is 15.1. The number of amidine groups is 1. The van der Waals surface area contributed by atoms with Gasteiger partial charge in [0.15, 0.2) is 5.84 Å². The van der Waals surface area contributed by atoms with Gasteiger partial charge >= 0.3 is 0 Å². The monoisotopic (exact) mass is 284 g/mol. The zero-order valence-electron chi connectivity index (χ0n) is 12.1. The largest absolute Gasteiger partial charge is 0.409 e. The van der Waals surface area contributed by atoms with Gasteiger partial charge in [0.25, 0.3) is 0 Å². The molecule has 0 aliphatic heterocycles. The maximum absolute atomic E-state index is 8.71. The number of pyridine rings is 1. The summed E-state index contributed by atoms with van der Waals surface area (Å²) < 4.78 is 0. The second-order valence-corrected chi connectivity index (χ2v) is 4.82. The van der Waals surface area contributed by atoms with Crippen LogP contribution in [0, 0.1) is 0 Å². The van der Waals surface area contributed by atoms with E-state index in [9.17, 15) is 0 Å². The van der Waals surface area contributed by atoms with Crippen molar-refractivity contribution in [3.63, 3.8) is 0 Å². The van der Waals surface area contributed by atoms with Crippen molar-refractivity contribution in [2.45, 2.75) is 20.0 Å². The lowest BCUT2D eigenvalue weighted by atomic mass is 10.1. The summed E-state index contributed by atoms with van der Waals surface area (Å²) in [5, 5.41) is 11.7. The molecular weight excluding hydrogens is 264 g/mol. The van der Waals surface area contributed by atoms with Crippen molar-refractivity contribution in [3.05, 3.63) is 65.5 Å². The Bertz CT molecular complexity index is 598. The van der Waals surface area contributed by atoms with E-state index in [2.05, 4.69) is 34.1 Å². The van der Waals surface area contributed by atoms with Gasteiger partial charge < -0.3 is 10.9 Å². The number of aromatic nitrogens is 1. The Morgan fingerprint density at radius 1 is 1.19 bits per heavy atom. The molecule has 0 unspecified atom stereocenters. The molecule has 5 nitrogen and oxygen atoms in total. The summed E-state index contributed by atoms with van der Waals surface area (Å²) >= 11 is 0. The van der Waals surface area contributed by atoms with E-state index in [1.165, 1.54) is 5.56 Å². The van der Waals surface area contributed by atoms with Gasteiger partial charge in [0.2, 0.25) is 0 Å². The van der Waals surface area contributed by atoms with Gasteiger partial charge in [-0.3, -0.25) is 9.88 Å². The lowest BCUT2D eigenvalue weighted by molar-refractivity contribution is 0.271. The molecule has 0 saturated carbocycles. The maximum Gasteiger partial charge on any atom is 0.188 e. The first-order valence-electron chi connectivity index (χ1n) is 6.92. The second kappa shape index (κ2) is 7.40. The van der Waals surface area contributed by atoms with Crippen LogP contribution in [0.2, 0.25) is 0 Å². The third kappa shape index (κ3) is 4.29. The predicted molar refractivity (Wildman–Crippen MR) is 83.0 cm³/mol. The number of oxime groups is 1. The molecule has 110 valence electrons. The molecule has 5 heteroatoms. The number of rotatable bonds is 6. The summed E-state index contributed by atoms with van der Waals surface area (Å²) in [5.74, 6) is 0.0305. The fourth-order valence-corrected chi connectivity index (χ4v) is 2.14. The molecule has 0 radical (unpaired) electrons. The average Bonchev–Trinajstić information content (AvgIpc) is 2.54. The normalized spacial score (nSPS) is 11.8. The van der Waals surface area contributed by atoms with Crippen molar-refractivity contribution in [2.24, 2.45) is 10.9 Å². The van der Waals surface area contributed by atoms with Gasteiger partial charge in [0.05, 0.1) is 0 Å². The quantitative estimate of drug-likeness (QED) is 0.369. The summed E-state index contributed by atoms with van der Waals surface area (Å²) in [6.07, 6.45) is 1.68. The van der Waals surface area contributed by atoms with Gasteiger partial charge in [-0.05, 0) is 29.8 Å². The molecule has 0 fully saturated rings. The van der Waals surface area contributed by atoms with Gasteiger partial charge in [0, 0.05) is 19.3 Å². The van der Waals surface area contributed by atoms with Crippen LogP contribution in [0.5, 0.6) is 0 Å². The Balaban J connectivity index is 2.08. The minimum absolute atomic E-state index is 0.0305. The van der Waals surface area contributed by atoms with Crippen LogP contribution in [0.25, 0.3) is 0 Å². The van der Waals surface area contributed by atoms with Crippen molar-refractivity contribution in [3.8, 4) is 0 Å². The Kier molecular flexibility index (Phi) is 5.29. The molecule has 0 amide bonds. The standard InChI is InChI=1S/C16H20N4O/c1-2-20(11-13-6-4-3-5-7-13)12-14-8-9-18-15(10-14)16(17)19-21/h3-10,21H,2,11-12H2,1H3,(H2,17,19). The number of hydrogen-bond donors (Lipinski definition) is 2. The number of hydrogen-bond acceptors (Lipinski definition) is 4. The van der Waals surface area contributed by atoms with E-state index in [1.807, 2.05) is 30.3 Å². The molecule has 2 rings (SSSR count). The van der Waals surface area contributed by atoms with Crippen LogP contribution in [0.4, 0.5) is 0 Å². The highest BCUT2D eigenvalue weighted by Crippen LogP contribution is 2.10. The Morgan fingerprint density at radius 3 is 2.57 bits per heavy atom. The van der Waals surface area contributed by atoms with Gasteiger partial charge in [0.1, 0.15) is 5.69 Å². The summed E-state index contributed by atoms with van der Waals surface area (Å²) in [6.45, 7) is 4.75. The smallest absolute Gasteiger partial charge is 0.188 e. The van der Waals surface area contributed by atoms with E-state index in [4.69, 9.17) is 10.9 Å². The van der Waals surface area contributed by atoms with Crippen LogP contribution >= 0.6 is 0 Å². The van der Waals surface area contributed by atoms with Crippen molar-refractivity contribution in [2.75, 3.05) is 6.54 Å². The van der Waals surface area contributed by atoms with E-state index >= 15 is 0 Å². The SMILES string of the molecule is CCN(Cc1ccccc1)Cc1ccnc(C(N)=NO)c1. The Hall–Kier alpha value is -2.40. The van der Waals surface area contributed by atoms with E-state index in [0.717, 1.165) is 25.2 Å². The molecule has 21 heavy (non-hydrogen) atoms. The third-order valence-corrected chi connectivity index (χ3v) is 3.30. The molecular formula is C16H20N4O. The summed E-state index contributed by atoms with van der Waals surface area (Å²) in [4.78, 5) is 6.41. The topological polar surface area (TPSA) is 74.7 Å². The van der Waals surface area contributed by atoms with Crippen molar-refractivity contribution < 1.29 is 5.21 Å². The van der Waals surface area contributed by atoms with E-state index in [0.29, 0.717) is 5.69 Å². The highest BCUT2D eigenvalue weighted by Gasteiger charge is 2.07. The molecule has 0 saturated heterocycles. The minimum atomic E-state index is 0.0305. The summed E-state index contributed by atoms with van der Waals surface area (Å²) in [6, 6.07) is 14.2. The second-order valence-electron chi connectivity index (χ2n) is 4.82. The first-order chi connectivity index (χ1) is 10.2. The van der Waals surface area contributed by atoms with Crippen molar-refractivity contribution in [1.29, 1.82) is 0 Å². The first-order valence-corrected chi connectivity index (χ1v) is 6.92. The zero-order valence-corrected chi connectivity index (χ0v) is 12.1. The van der Waals surface area contributed by atoms with Crippen LogP contribution in [0.1, 0.15) is 23.7 Å². The summed E-state index contributed by atoms with van der Waals surface area (Å²) in [5.41, 5.74) is 8.44. The molecule has 2 aromatic rings. The van der Waals surface area contributed by atoms with Crippen molar-refractivity contribution >= 4 is 5.84 Å². The highest BCUT2D eigenvalue weighted by molar-refractivity contribution is 5.95. The summed E-state index contributed by atoms with van der Waals surface area (Å²) in [7, 11) is 0. The Morgan fingerprint density at radius 2 is 1.90 bits per heavy atom. The maximum atomic E-state index is 8.71. The molecule has 1 aromatic carbocycles. The lowest BCUT2D eigenvalue weighted by Gasteiger charge is -2.20. The van der Waals surface area contributed by atoms with Gasteiger partial charge in [-0.25, -0.2) is 0 Å². The third-order valence-electron chi connectivity index (χ3n) is 3.30. The van der Waals surface area contributed by atoms with Crippen LogP contribution < -0.4 is 5.73 Å². The molecule has 0 spiro atoms. The highest BCUT2D eigenvalue weighted by atomic mass is 16.4. The number of nitrogens with two attached hydrogens (primary N) is 1. The van der Waals surface area contributed by atoms with Crippen LogP contribution in [0.3, 0.4) is 0 Å². The fraction of sp³-hybridized carbons (Fsp3) is 0.250. The molecule has 1 aromatic heterocycles. The van der Waals surface area contributed by atoms with E-state index in [-0.39, 0.29) is 5.84 Å². The number of nitrogens with zero attached hydrogens (tertiary/aromatic N) is 3. The molecule has 0 aliphatic carbocycles. The predicted octanol–water partition coefficient (Wildman–Crippen LogP) is 2.20. The van der Waals surface area contributed by atoms with Gasteiger partial charge in [-0.2, -0.15) is 0 Å². The minimum Gasteiger partial charge on any atom is -0.409 e. The molecule has 3 N–H and O–H groups in total. The van der Waals surface area contributed by atoms with Gasteiger partial charge in [-0.1, -0.05) is 42.4 Å². The molecule has 0 aliphatic rings. The Labute approximate surface area is 124 Å². The number of benzene rings is 1. The van der Waals surface area contributed by atoms with Crippen LogP contribution in [-0.2, 0) is 13.1 Å². The van der Waals surface area contributed by atoms with E-state index in [1.54, 1.807) is 6.20 Å². The molecule has 1 heterocycles. The fourth-order valence-electron chi connectivity index (χ4n) is 2.14. The average molecular weight is 284 g/mol.